The van der Waals surface area contributed by atoms with Crippen molar-refractivity contribution in [3.05, 3.63) is 27.7 Å². The highest BCUT2D eigenvalue weighted by atomic mass is 35.5. The fraction of sp³-hybridized carbons (Fsp3) is 0. The molecule has 1 aromatic rings. The van der Waals surface area contributed by atoms with E-state index in [-0.39, 0.29) is 21.6 Å². The van der Waals surface area contributed by atoms with Crippen molar-refractivity contribution in [2.75, 3.05) is 0 Å². The number of rotatable bonds is 1. The maximum absolute atomic E-state index is 9.18. The molecule has 0 unspecified atom stereocenters. The number of amidine groups is 1. The van der Waals surface area contributed by atoms with Gasteiger partial charge < -0.3 is 16.0 Å². The van der Waals surface area contributed by atoms with E-state index in [1.165, 1.54) is 12.1 Å². The number of nitrogens with two attached hydrogens (primary N) is 1. The third-order valence-electron chi connectivity index (χ3n) is 1.42. The Morgan fingerprint density at radius 2 is 1.77 bits per heavy atom. The summed E-state index contributed by atoms with van der Waals surface area (Å²) in [6, 6.07) is 2.69. The summed E-state index contributed by atoms with van der Waals surface area (Å²) in [5, 5.41) is 20.4. The molecular formula is C7H6Cl2N2O2. The van der Waals surface area contributed by atoms with Crippen LogP contribution in [0.3, 0.4) is 0 Å². The maximum atomic E-state index is 9.18. The normalized spacial score (nSPS) is 11.7. The van der Waals surface area contributed by atoms with Gasteiger partial charge in [-0.15, -0.1) is 0 Å². The van der Waals surface area contributed by atoms with E-state index in [2.05, 4.69) is 5.16 Å². The number of phenolic OH excluding ortho intramolecular Hbond substituents is 1. The minimum Gasteiger partial charge on any atom is -0.505 e. The Hall–Kier alpha value is -1.13. The molecule has 0 spiro atoms. The molecule has 6 heteroatoms. The average Bonchev–Trinajstić information content (AvgIpc) is 2.12. The Labute approximate surface area is 84.2 Å². The summed E-state index contributed by atoms with van der Waals surface area (Å²) < 4.78 is 0. The molecule has 4 N–H and O–H groups in total. The summed E-state index contributed by atoms with van der Waals surface area (Å²) in [4.78, 5) is 0. The zero-order chi connectivity index (χ0) is 10.0. The molecule has 4 nitrogen and oxygen atoms in total. The summed E-state index contributed by atoms with van der Waals surface area (Å²) in [7, 11) is 0. The summed E-state index contributed by atoms with van der Waals surface area (Å²) in [5.74, 6) is -0.346. The standard InChI is InChI=1S/C7H6Cl2N2O2/c8-4-1-3(7(10)11-13)2-5(9)6(4)12/h1-2,12-13H,(H2,10,11). The highest BCUT2D eigenvalue weighted by molar-refractivity contribution is 6.37. The highest BCUT2D eigenvalue weighted by Crippen LogP contribution is 2.32. The molecule has 0 fully saturated rings. The van der Waals surface area contributed by atoms with Gasteiger partial charge in [0.2, 0.25) is 0 Å². The van der Waals surface area contributed by atoms with Crippen LogP contribution < -0.4 is 5.73 Å². The van der Waals surface area contributed by atoms with Gasteiger partial charge in [0.1, 0.15) is 0 Å². The third kappa shape index (κ3) is 1.96. The smallest absolute Gasteiger partial charge is 0.170 e. The lowest BCUT2D eigenvalue weighted by atomic mass is 10.2. The summed E-state index contributed by atoms with van der Waals surface area (Å²) in [6.45, 7) is 0. The number of phenols is 1. The molecule has 0 aromatic heterocycles. The molecule has 0 radical (unpaired) electrons. The number of halogens is 2. The molecule has 0 saturated carbocycles. The van der Waals surface area contributed by atoms with Crippen molar-refractivity contribution < 1.29 is 10.3 Å². The highest BCUT2D eigenvalue weighted by Gasteiger charge is 2.08. The van der Waals surface area contributed by atoms with Crippen LogP contribution in [0.4, 0.5) is 0 Å². The molecule has 0 atom stereocenters. The molecule has 0 aliphatic heterocycles. The third-order valence-corrected chi connectivity index (χ3v) is 2.00. The van der Waals surface area contributed by atoms with Gasteiger partial charge in [0.25, 0.3) is 0 Å². The van der Waals surface area contributed by atoms with Crippen molar-refractivity contribution in [3.8, 4) is 5.75 Å². The first kappa shape index (κ1) is 9.95. The molecule has 0 aliphatic carbocycles. The number of hydrogen-bond donors (Lipinski definition) is 3. The number of benzene rings is 1. The van der Waals surface area contributed by atoms with Gasteiger partial charge in [-0.3, -0.25) is 0 Å². The summed E-state index contributed by atoms with van der Waals surface area (Å²) >= 11 is 11.2. The number of oxime groups is 1. The van der Waals surface area contributed by atoms with Crippen LogP contribution in [0.1, 0.15) is 5.56 Å². The first-order valence-electron chi connectivity index (χ1n) is 3.22. The Kier molecular flexibility index (Phi) is 2.85. The van der Waals surface area contributed by atoms with Gasteiger partial charge in [0.05, 0.1) is 10.0 Å². The second-order valence-corrected chi connectivity index (χ2v) is 3.09. The number of nitrogens with zero attached hydrogens (tertiary/aromatic N) is 1. The Bertz CT molecular complexity index is 343. The van der Waals surface area contributed by atoms with Gasteiger partial charge in [0, 0.05) is 5.56 Å². The summed E-state index contributed by atoms with van der Waals surface area (Å²) in [5.41, 5.74) is 5.63. The monoisotopic (exact) mass is 220 g/mol. The van der Waals surface area contributed by atoms with Gasteiger partial charge in [-0.25, -0.2) is 0 Å². The minimum absolute atomic E-state index is 0.0501. The van der Waals surface area contributed by atoms with Gasteiger partial charge in [-0.05, 0) is 12.1 Å². The Morgan fingerprint density at radius 3 is 2.15 bits per heavy atom. The van der Waals surface area contributed by atoms with Crippen LogP contribution in [0.15, 0.2) is 17.3 Å². The van der Waals surface area contributed by atoms with Gasteiger partial charge in [-0.2, -0.15) is 0 Å². The quantitative estimate of drug-likeness (QED) is 0.292. The van der Waals surface area contributed by atoms with Crippen LogP contribution in [0.25, 0.3) is 0 Å². The van der Waals surface area contributed by atoms with E-state index in [0.717, 1.165) is 0 Å². The average molecular weight is 221 g/mol. The second kappa shape index (κ2) is 3.72. The molecule has 70 valence electrons. The van der Waals surface area contributed by atoms with E-state index in [1.54, 1.807) is 0 Å². The molecule has 0 amide bonds. The van der Waals surface area contributed by atoms with Crippen LogP contribution in [0.2, 0.25) is 10.0 Å². The largest absolute Gasteiger partial charge is 0.505 e. The molecule has 13 heavy (non-hydrogen) atoms. The second-order valence-electron chi connectivity index (χ2n) is 2.27. The Balaban J connectivity index is 3.29. The van der Waals surface area contributed by atoms with Crippen LogP contribution >= 0.6 is 23.2 Å². The molecule has 0 aliphatic rings. The van der Waals surface area contributed by atoms with Crippen LogP contribution in [-0.4, -0.2) is 16.1 Å². The van der Waals surface area contributed by atoms with Crippen molar-refractivity contribution in [3.63, 3.8) is 0 Å². The number of aromatic hydroxyl groups is 1. The van der Waals surface area contributed by atoms with Crippen LogP contribution in [0.5, 0.6) is 5.75 Å². The zero-order valence-electron chi connectivity index (χ0n) is 6.33. The maximum Gasteiger partial charge on any atom is 0.170 e. The van der Waals surface area contributed by atoms with Gasteiger partial charge in [0.15, 0.2) is 11.6 Å². The number of hydrogen-bond acceptors (Lipinski definition) is 3. The lowest BCUT2D eigenvalue weighted by molar-refractivity contribution is 0.318. The van der Waals surface area contributed by atoms with Gasteiger partial charge >= 0.3 is 0 Å². The van der Waals surface area contributed by atoms with E-state index >= 15 is 0 Å². The topological polar surface area (TPSA) is 78.8 Å². The van der Waals surface area contributed by atoms with E-state index < -0.39 is 0 Å². The Morgan fingerprint density at radius 1 is 1.31 bits per heavy atom. The van der Waals surface area contributed by atoms with Crippen molar-refractivity contribution in [1.82, 2.24) is 0 Å². The van der Waals surface area contributed by atoms with Crippen molar-refractivity contribution in [2.24, 2.45) is 10.9 Å². The van der Waals surface area contributed by atoms with Crippen molar-refractivity contribution in [1.29, 1.82) is 0 Å². The predicted octanol–water partition coefficient (Wildman–Crippen LogP) is 1.79. The van der Waals surface area contributed by atoms with E-state index in [1.807, 2.05) is 0 Å². The first-order chi connectivity index (χ1) is 6.06. The van der Waals surface area contributed by atoms with E-state index in [9.17, 15) is 5.11 Å². The molecule has 1 rings (SSSR count). The van der Waals surface area contributed by atoms with Gasteiger partial charge in [-0.1, -0.05) is 28.4 Å². The first-order valence-corrected chi connectivity index (χ1v) is 3.97. The van der Waals surface area contributed by atoms with E-state index in [4.69, 9.17) is 34.1 Å². The molecule has 1 aromatic carbocycles. The van der Waals surface area contributed by atoms with Crippen LogP contribution in [0, 0.1) is 0 Å². The van der Waals surface area contributed by atoms with Crippen molar-refractivity contribution >= 4 is 29.0 Å². The zero-order valence-corrected chi connectivity index (χ0v) is 7.84. The fourth-order valence-electron chi connectivity index (χ4n) is 0.771. The lowest BCUT2D eigenvalue weighted by Crippen LogP contribution is -2.12. The molecule has 0 bridgehead atoms. The van der Waals surface area contributed by atoms with E-state index in [0.29, 0.717) is 5.56 Å². The predicted molar refractivity (Wildman–Crippen MR) is 50.6 cm³/mol. The van der Waals surface area contributed by atoms with Crippen molar-refractivity contribution in [2.45, 2.75) is 0 Å². The summed E-state index contributed by atoms with van der Waals surface area (Å²) in [6.07, 6.45) is 0. The molecular weight excluding hydrogens is 215 g/mol. The molecule has 0 heterocycles. The fourth-order valence-corrected chi connectivity index (χ4v) is 1.26. The van der Waals surface area contributed by atoms with Crippen LogP contribution in [-0.2, 0) is 0 Å². The SMILES string of the molecule is NC(=NO)c1cc(Cl)c(O)c(Cl)c1. The molecule has 0 saturated heterocycles. The minimum atomic E-state index is -0.224. The lowest BCUT2D eigenvalue weighted by Gasteiger charge is -2.03.